The number of fused-ring (bicyclic) bond motifs is 1. The molecule has 6 nitrogen and oxygen atoms in total. The van der Waals surface area contributed by atoms with E-state index in [1.165, 1.54) is 4.90 Å². The van der Waals surface area contributed by atoms with Crippen molar-refractivity contribution in [3.8, 4) is 17.0 Å². The highest BCUT2D eigenvalue weighted by molar-refractivity contribution is 7.11. The van der Waals surface area contributed by atoms with Crippen LogP contribution in [0.4, 0.5) is 5.69 Å². The van der Waals surface area contributed by atoms with Crippen LogP contribution in [0.25, 0.3) is 11.3 Å². The standard InChI is InChI=1S/C24H25N3O3S/c1-4-20-24(29)27(14-22(28)25-13-17-8-6-5-7-9-17)19-12-18(10-11-21(19)30-20)23-15(2)31-16(3)26-23/h5-12,20H,4,13-14H2,1-3H3,(H,25,28). The van der Waals surface area contributed by atoms with Crippen molar-refractivity contribution in [2.75, 3.05) is 11.4 Å². The molecule has 0 fully saturated rings. The summed E-state index contributed by atoms with van der Waals surface area (Å²) < 4.78 is 5.92. The summed E-state index contributed by atoms with van der Waals surface area (Å²) in [6.45, 7) is 6.26. The molecule has 1 unspecified atom stereocenters. The number of thiazole rings is 1. The molecule has 31 heavy (non-hydrogen) atoms. The van der Waals surface area contributed by atoms with Crippen LogP contribution in [0.5, 0.6) is 5.75 Å². The minimum absolute atomic E-state index is 0.0585. The third-order valence-corrected chi connectivity index (χ3v) is 6.13. The van der Waals surface area contributed by atoms with E-state index in [9.17, 15) is 9.59 Å². The average molecular weight is 436 g/mol. The van der Waals surface area contributed by atoms with Gasteiger partial charge in [0.1, 0.15) is 12.3 Å². The molecule has 2 amide bonds. The van der Waals surface area contributed by atoms with E-state index in [2.05, 4.69) is 10.3 Å². The molecule has 1 aliphatic heterocycles. The predicted molar refractivity (Wildman–Crippen MR) is 122 cm³/mol. The topological polar surface area (TPSA) is 71.5 Å². The minimum atomic E-state index is -0.594. The Labute approximate surface area is 185 Å². The van der Waals surface area contributed by atoms with Crippen LogP contribution in [-0.4, -0.2) is 29.4 Å². The van der Waals surface area contributed by atoms with Crippen molar-refractivity contribution >= 4 is 28.8 Å². The number of aromatic nitrogens is 1. The molecule has 1 N–H and O–H groups in total. The second-order valence-corrected chi connectivity index (χ2v) is 8.93. The molecular weight excluding hydrogens is 410 g/mol. The Bertz CT molecular complexity index is 1110. The summed E-state index contributed by atoms with van der Waals surface area (Å²) in [7, 11) is 0. The zero-order valence-corrected chi connectivity index (χ0v) is 18.7. The summed E-state index contributed by atoms with van der Waals surface area (Å²) >= 11 is 1.63. The highest BCUT2D eigenvalue weighted by atomic mass is 32.1. The van der Waals surface area contributed by atoms with Crippen LogP contribution in [0.3, 0.4) is 0 Å². The molecule has 0 radical (unpaired) electrons. The maximum Gasteiger partial charge on any atom is 0.268 e. The fourth-order valence-corrected chi connectivity index (χ4v) is 4.53. The van der Waals surface area contributed by atoms with Crippen LogP contribution in [-0.2, 0) is 16.1 Å². The van der Waals surface area contributed by atoms with E-state index in [0.717, 1.165) is 26.7 Å². The van der Waals surface area contributed by atoms with Gasteiger partial charge >= 0.3 is 0 Å². The number of amides is 2. The smallest absolute Gasteiger partial charge is 0.268 e. The molecule has 1 aliphatic rings. The van der Waals surface area contributed by atoms with Gasteiger partial charge in [-0.05, 0) is 44.0 Å². The van der Waals surface area contributed by atoms with Crippen molar-refractivity contribution in [3.05, 3.63) is 64.0 Å². The zero-order valence-electron chi connectivity index (χ0n) is 17.8. The normalized spacial score (nSPS) is 15.4. The highest BCUT2D eigenvalue weighted by Gasteiger charge is 2.34. The van der Waals surface area contributed by atoms with Crippen molar-refractivity contribution in [1.29, 1.82) is 0 Å². The number of nitrogens with one attached hydrogen (secondary N) is 1. The second-order valence-electron chi connectivity index (χ2n) is 7.52. The van der Waals surface area contributed by atoms with Crippen LogP contribution in [0.2, 0.25) is 0 Å². The number of carbonyl (C=O) groups is 2. The Morgan fingerprint density at radius 1 is 1.19 bits per heavy atom. The number of carbonyl (C=O) groups excluding carboxylic acids is 2. The first-order chi connectivity index (χ1) is 15.0. The Kier molecular flexibility index (Phi) is 6.04. The van der Waals surface area contributed by atoms with Crippen LogP contribution in [0.1, 0.15) is 28.8 Å². The third-order valence-electron chi connectivity index (χ3n) is 5.24. The van der Waals surface area contributed by atoms with Crippen LogP contribution in [0.15, 0.2) is 48.5 Å². The first-order valence-corrected chi connectivity index (χ1v) is 11.1. The molecule has 3 aromatic rings. The van der Waals surface area contributed by atoms with Gasteiger partial charge in [0.25, 0.3) is 5.91 Å². The molecular formula is C24H25N3O3S. The van der Waals surface area contributed by atoms with Gasteiger partial charge in [-0.15, -0.1) is 11.3 Å². The van der Waals surface area contributed by atoms with Gasteiger partial charge in [-0.1, -0.05) is 37.3 Å². The van der Waals surface area contributed by atoms with E-state index in [1.54, 1.807) is 11.3 Å². The predicted octanol–water partition coefficient (Wildman–Crippen LogP) is 4.25. The van der Waals surface area contributed by atoms with Gasteiger partial charge < -0.3 is 10.1 Å². The molecule has 2 aromatic carbocycles. The van der Waals surface area contributed by atoms with Gasteiger partial charge in [-0.2, -0.15) is 0 Å². The monoisotopic (exact) mass is 435 g/mol. The number of rotatable bonds is 6. The molecule has 7 heteroatoms. The summed E-state index contributed by atoms with van der Waals surface area (Å²) in [6.07, 6.45) is -0.0597. The molecule has 0 bridgehead atoms. The summed E-state index contributed by atoms with van der Waals surface area (Å²) in [5.74, 6) is 0.190. The van der Waals surface area contributed by atoms with Crippen LogP contribution >= 0.6 is 11.3 Å². The van der Waals surface area contributed by atoms with E-state index in [-0.39, 0.29) is 18.4 Å². The number of ether oxygens (including phenoxy) is 1. The number of anilines is 1. The lowest BCUT2D eigenvalue weighted by Crippen LogP contribution is -2.49. The number of aryl methyl sites for hydroxylation is 2. The van der Waals surface area contributed by atoms with E-state index in [0.29, 0.717) is 24.4 Å². The van der Waals surface area contributed by atoms with E-state index in [1.807, 2.05) is 69.3 Å². The largest absolute Gasteiger partial charge is 0.478 e. The van der Waals surface area contributed by atoms with Crippen LogP contribution in [0, 0.1) is 13.8 Å². The molecule has 1 atom stereocenters. The second kappa shape index (κ2) is 8.89. The van der Waals surface area contributed by atoms with Gasteiger partial charge in [0, 0.05) is 17.0 Å². The van der Waals surface area contributed by atoms with E-state index >= 15 is 0 Å². The van der Waals surface area contributed by atoms with Crippen molar-refractivity contribution in [3.63, 3.8) is 0 Å². The fraction of sp³-hybridized carbons (Fsp3) is 0.292. The average Bonchev–Trinajstić information content (AvgIpc) is 3.12. The minimum Gasteiger partial charge on any atom is -0.478 e. The first kappa shape index (κ1) is 21.1. The molecule has 2 heterocycles. The third kappa shape index (κ3) is 4.46. The summed E-state index contributed by atoms with van der Waals surface area (Å²) in [6, 6.07) is 15.4. The van der Waals surface area contributed by atoms with Crippen molar-refractivity contribution in [1.82, 2.24) is 10.3 Å². The lowest BCUT2D eigenvalue weighted by Gasteiger charge is -2.34. The Morgan fingerprint density at radius 2 is 1.97 bits per heavy atom. The number of benzene rings is 2. The Morgan fingerprint density at radius 3 is 2.65 bits per heavy atom. The van der Waals surface area contributed by atoms with Crippen molar-refractivity contribution in [2.45, 2.75) is 39.8 Å². The molecule has 160 valence electrons. The molecule has 0 saturated heterocycles. The number of hydrogen-bond acceptors (Lipinski definition) is 5. The van der Waals surface area contributed by atoms with Gasteiger partial charge in [-0.3, -0.25) is 14.5 Å². The van der Waals surface area contributed by atoms with E-state index in [4.69, 9.17) is 4.74 Å². The zero-order chi connectivity index (χ0) is 22.0. The SMILES string of the molecule is CCC1Oc2ccc(-c3nc(C)sc3C)cc2N(CC(=O)NCc2ccccc2)C1=O. The van der Waals surface area contributed by atoms with Gasteiger partial charge in [-0.25, -0.2) is 4.98 Å². The number of hydrogen-bond donors (Lipinski definition) is 1. The maximum atomic E-state index is 13.1. The molecule has 4 rings (SSSR count). The molecule has 0 spiro atoms. The Balaban J connectivity index is 1.60. The number of nitrogens with zero attached hydrogens (tertiary/aromatic N) is 2. The Hall–Kier alpha value is -3.19. The van der Waals surface area contributed by atoms with Crippen molar-refractivity contribution in [2.24, 2.45) is 0 Å². The van der Waals surface area contributed by atoms with Gasteiger partial charge in [0.15, 0.2) is 6.10 Å². The lowest BCUT2D eigenvalue weighted by atomic mass is 10.1. The summed E-state index contributed by atoms with van der Waals surface area (Å²) in [5.41, 5.74) is 3.41. The van der Waals surface area contributed by atoms with Gasteiger partial charge in [0.2, 0.25) is 5.91 Å². The summed E-state index contributed by atoms with van der Waals surface area (Å²) in [4.78, 5) is 33.0. The van der Waals surface area contributed by atoms with Gasteiger partial charge in [0.05, 0.1) is 16.4 Å². The molecule has 1 aromatic heterocycles. The molecule has 0 aliphatic carbocycles. The lowest BCUT2D eigenvalue weighted by molar-refractivity contribution is -0.129. The quantitative estimate of drug-likeness (QED) is 0.628. The molecule has 0 saturated carbocycles. The van der Waals surface area contributed by atoms with Crippen LogP contribution < -0.4 is 15.0 Å². The summed E-state index contributed by atoms with van der Waals surface area (Å²) in [5, 5.41) is 3.89. The van der Waals surface area contributed by atoms with Crippen molar-refractivity contribution < 1.29 is 14.3 Å². The fourth-order valence-electron chi connectivity index (χ4n) is 3.69. The first-order valence-electron chi connectivity index (χ1n) is 10.3. The highest BCUT2D eigenvalue weighted by Crippen LogP contribution is 2.39. The van der Waals surface area contributed by atoms with E-state index < -0.39 is 6.10 Å². The maximum absolute atomic E-state index is 13.1.